The Morgan fingerprint density at radius 2 is 1.91 bits per heavy atom. The van der Waals surface area contributed by atoms with Crippen LogP contribution in [-0.2, 0) is 19.7 Å². The monoisotopic (exact) mass is 298 g/mol. The van der Waals surface area contributed by atoms with E-state index in [0.29, 0.717) is 13.2 Å². The molecule has 0 aliphatic rings. The number of rotatable bonds is 5. The molecule has 1 aromatic heterocycles. The molecule has 0 aliphatic heterocycles. The minimum atomic E-state index is -0.343. The number of benzene rings is 2. The molecule has 2 aromatic carbocycles. The van der Waals surface area contributed by atoms with Crippen molar-refractivity contribution in [2.45, 2.75) is 26.6 Å². The molecule has 0 bridgehead atoms. The van der Waals surface area contributed by atoms with E-state index in [4.69, 9.17) is 10.5 Å². The normalized spacial score (nSPS) is 11.0. The highest BCUT2D eigenvalue weighted by Gasteiger charge is 2.12. The molecule has 3 aromatic rings. The topological polar surface area (TPSA) is 40.2 Å². The fourth-order valence-electron chi connectivity index (χ4n) is 2.76. The molecule has 1 heterocycles. The molecule has 0 saturated heterocycles. The zero-order valence-electron chi connectivity index (χ0n) is 12.6. The molecule has 0 unspecified atom stereocenters. The third kappa shape index (κ3) is 2.57. The van der Waals surface area contributed by atoms with Gasteiger partial charge in [0.1, 0.15) is 6.61 Å². The SMILES string of the molecule is CCn1cc(COc2ccccc2F)c2cccc(CN)c21. The molecule has 114 valence electrons. The Bertz CT molecular complexity index is 795. The third-order valence-electron chi connectivity index (χ3n) is 3.84. The number of nitrogens with zero attached hydrogens (tertiary/aromatic N) is 1. The summed E-state index contributed by atoms with van der Waals surface area (Å²) in [6.45, 7) is 3.77. The first-order valence-electron chi connectivity index (χ1n) is 7.41. The van der Waals surface area contributed by atoms with Gasteiger partial charge in [-0.15, -0.1) is 0 Å². The van der Waals surface area contributed by atoms with E-state index in [9.17, 15) is 4.39 Å². The van der Waals surface area contributed by atoms with Gasteiger partial charge in [0.15, 0.2) is 11.6 Å². The van der Waals surface area contributed by atoms with Crippen molar-refractivity contribution in [3.63, 3.8) is 0 Å². The van der Waals surface area contributed by atoms with E-state index >= 15 is 0 Å². The van der Waals surface area contributed by atoms with Gasteiger partial charge in [0.05, 0.1) is 5.52 Å². The van der Waals surface area contributed by atoms with Gasteiger partial charge in [-0.2, -0.15) is 0 Å². The van der Waals surface area contributed by atoms with Gasteiger partial charge in [0.2, 0.25) is 0 Å². The van der Waals surface area contributed by atoms with Crippen molar-refractivity contribution in [1.29, 1.82) is 0 Å². The van der Waals surface area contributed by atoms with Crippen molar-refractivity contribution < 1.29 is 9.13 Å². The van der Waals surface area contributed by atoms with Crippen LogP contribution in [0.5, 0.6) is 5.75 Å². The lowest BCUT2D eigenvalue weighted by atomic mass is 10.1. The first kappa shape index (κ1) is 14.6. The van der Waals surface area contributed by atoms with E-state index in [-0.39, 0.29) is 11.6 Å². The summed E-state index contributed by atoms with van der Waals surface area (Å²) in [6, 6.07) is 12.5. The summed E-state index contributed by atoms with van der Waals surface area (Å²) < 4.78 is 21.5. The molecule has 0 aliphatic carbocycles. The Hall–Kier alpha value is -2.33. The highest BCUT2D eigenvalue weighted by atomic mass is 19.1. The van der Waals surface area contributed by atoms with Crippen LogP contribution in [0, 0.1) is 5.82 Å². The van der Waals surface area contributed by atoms with E-state index in [1.165, 1.54) is 6.07 Å². The number of hydrogen-bond acceptors (Lipinski definition) is 2. The number of nitrogens with two attached hydrogens (primary N) is 1. The first-order chi connectivity index (χ1) is 10.7. The molecule has 2 N–H and O–H groups in total. The predicted octanol–water partition coefficient (Wildman–Crippen LogP) is 3.84. The molecule has 4 heteroatoms. The van der Waals surface area contributed by atoms with Crippen LogP contribution in [0.25, 0.3) is 10.9 Å². The minimum Gasteiger partial charge on any atom is -0.486 e. The van der Waals surface area contributed by atoms with Crippen LogP contribution in [0.2, 0.25) is 0 Å². The number of fused-ring (bicyclic) bond motifs is 1. The van der Waals surface area contributed by atoms with Gasteiger partial charge in [-0.1, -0.05) is 30.3 Å². The lowest BCUT2D eigenvalue weighted by molar-refractivity contribution is 0.291. The molecule has 3 rings (SSSR count). The van der Waals surface area contributed by atoms with Crippen LogP contribution in [0.3, 0.4) is 0 Å². The molecule has 0 fully saturated rings. The van der Waals surface area contributed by atoms with E-state index in [0.717, 1.165) is 28.6 Å². The summed E-state index contributed by atoms with van der Waals surface area (Å²) in [5, 5.41) is 1.11. The third-order valence-corrected chi connectivity index (χ3v) is 3.84. The molecule has 0 atom stereocenters. The summed E-state index contributed by atoms with van der Waals surface area (Å²) in [4.78, 5) is 0. The average molecular weight is 298 g/mol. The van der Waals surface area contributed by atoms with Crippen LogP contribution in [0.4, 0.5) is 4.39 Å². The summed E-state index contributed by atoms with van der Waals surface area (Å²) in [5.74, 6) is -0.0701. The largest absolute Gasteiger partial charge is 0.486 e. The summed E-state index contributed by atoms with van der Waals surface area (Å²) in [7, 11) is 0. The summed E-state index contributed by atoms with van der Waals surface area (Å²) in [5.41, 5.74) is 9.12. The van der Waals surface area contributed by atoms with Gasteiger partial charge in [-0.05, 0) is 24.6 Å². The Kier molecular flexibility index (Phi) is 4.11. The molecular weight excluding hydrogens is 279 g/mol. The first-order valence-corrected chi connectivity index (χ1v) is 7.41. The van der Waals surface area contributed by atoms with Gasteiger partial charge >= 0.3 is 0 Å². The minimum absolute atomic E-state index is 0.273. The number of hydrogen-bond donors (Lipinski definition) is 1. The number of para-hydroxylation sites is 2. The molecule has 0 amide bonds. The maximum Gasteiger partial charge on any atom is 0.165 e. The summed E-state index contributed by atoms with van der Waals surface area (Å²) in [6.07, 6.45) is 2.06. The highest BCUT2D eigenvalue weighted by Crippen LogP contribution is 2.26. The van der Waals surface area contributed by atoms with Gasteiger partial charge in [0, 0.05) is 30.2 Å². The number of halogens is 1. The van der Waals surface area contributed by atoms with Gasteiger partial charge in [-0.25, -0.2) is 4.39 Å². The van der Waals surface area contributed by atoms with Crippen LogP contribution < -0.4 is 10.5 Å². The van der Waals surface area contributed by atoms with Gasteiger partial charge < -0.3 is 15.0 Å². The second-order valence-corrected chi connectivity index (χ2v) is 5.18. The van der Waals surface area contributed by atoms with Crippen LogP contribution >= 0.6 is 0 Å². The van der Waals surface area contributed by atoms with Crippen molar-refractivity contribution in [2.24, 2.45) is 5.73 Å². The molecule has 3 nitrogen and oxygen atoms in total. The second-order valence-electron chi connectivity index (χ2n) is 5.18. The molecule has 22 heavy (non-hydrogen) atoms. The summed E-state index contributed by atoms with van der Waals surface area (Å²) >= 11 is 0. The zero-order chi connectivity index (χ0) is 15.5. The maximum atomic E-state index is 13.6. The Morgan fingerprint density at radius 3 is 2.64 bits per heavy atom. The van der Waals surface area contributed by atoms with Crippen molar-refractivity contribution in [1.82, 2.24) is 4.57 Å². The van der Waals surface area contributed by atoms with E-state index < -0.39 is 0 Å². The van der Waals surface area contributed by atoms with Crippen molar-refractivity contribution in [3.05, 3.63) is 65.6 Å². The fraction of sp³-hybridized carbons (Fsp3) is 0.222. The zero-order valence-corrected chi connectivity index (χ0v) is 12.6. The standard InChI is InChI=1S/C18H19FN2O/c1-2-21-11-14(12-22-17-9-4-3-8-16(17)19)15-7-5-6-13(10-20)18(15)21/h3-9,11H,2,10,12,20H2,1H3. The molecule has 0 saturated carbocycles. The molecule has 0 spiro atoms. The molecular formula is C18H19FN2O. The second kappa shape index (κ2) is 6.20. The highest BCUT2D eigenvalue weighted by molar-refractivity contribution is 5.86. The number of aryl methyl sites for hydroxylation is 1. The van der Waals surface area contributed by atoms with Crippen LogP contribution in [-0.4, -0.2) is 4.57 Å². The van der Waals surface area contributed by atoms with Gasteiger partial charge in [0.25, 0.3) is 0 Å². The van der Waals surface area contributed by atoms with Crippen LogP contribution in [0.1, 0.15) is 18.1 Å². The Morgan fingerprint density at radius 1 is 1.09 bits per heavy atom. The lowest BCUT2D eigenvalue weighted by Crippen LogP contribution is -2.00. The van der Waals surface area contributed by atoms with E-state index in [1.807, 2.05) is 12.1 Å². The maximum absolute atomic E-state index is 13.6. The smallest absolute Gasteiger partial charge is 0.165 e. The van der Waals surface area contributed by atoms with E-state index in [1.54, 1.807) is 18.2 Å². The quantitative estimate of drug-likeness (QED) is 0.777. The Balaban J connectivity index is 1.96. The fourth-order valence-corrected chi connectivity index (χ4v) is 2.76. The van der Waals surface area contributed by atoms with Crippen molar-refractivity contribution in [2.75, 3.05) is 0 Å². The average Bonchev–Trinajstić information content (AvgIpc) is 2.92. The van der Waals surface area contributed by atoms with E-state index in [2.05, 4.69) is 23.8 Å². The van der Waals surface area contributed by atoms with Crippen LogP contribution in [0.15, 0.2) is 48.7 Å². The van der Waals surface area contributed by atoms with Crippen molar-refractivity contribution in [3.8, 4) is 5.75 Å². The number of aromatic nitrogens is 1. The molecule has 0 radical (unpaired) electrons. The van der Waals surface area contributed by atoms with Crippen molar-refractivity contribution >= 4 is 10.9 Å². The Labute approximate surface area is 129 Å². The van der Waals surface area contributed by atoms with Gasteiger partial charge in [-0.3, -0.25) is 0 Å². The lowest BCUT2D eigenvalue weighted by Gasteiger charge is -2.06. The predicted molar refractivity (Wildman–Crippen MR) is 86.2 cm³/mol. The number of ether oxygens (including phenoxy) is 1.